The van der Waals surface area contributed by atoms with Gasteiger partial charge in [-0.05, 0) is 12.1 Å². The first-order chi connectivity index (χ1) is 9.74. The van der Waals surface area contributed by atoms with Gasteiger partial charge in [0.1, 0.15) is 0 Å². The van der Waals surface area contributed by atoms with E-state index in [1.165, 1.54) is 0 Å². The molecule has 21 heavy (non-hydrogen) atoms. The van der Waals surface area contributed by atoms with Gasteiger partial charge in [-0.3, -0.25) is 14.2 Å². The zero-order chi connectivity index (χ0) is 14.4. The Morgan fingerprint density at radius 3 is 2.86 bits per heavy atom. The van der Waals surface area contributed by atoms with Crippen LogP contribution in [0.15, 0.2) is 29.4 Å². The highest BCUT2D eigenvalue weighted by Gasteiger charge is 2.06. The van der Waals surface area contributed by atoms with Gasteiger partial charge >= 0.3 is 0 Å². The van der Waals surface area contributed by atoms with Crippen molar-refractivity contribution >= 4 is 41.5 Å². The maximum absolute atomic E-state index is 11.2. The molecule has 1 amide bonds. The van der Waals surface area contributed by atoms with Crippen LogP contribution >= 0.6 is 24.0 Å². The van der Waals surface area contributed by atoms with Crippen molar-refractivity contribution < 1.29 is 4.79 Å². The van der Waals surface area contributed by atoms with Crippen LogP contribution in [0.3, 0.4) is 0 Å². The van der Waals surface area contributed by atoms with Gasteiger partial charge in [-0.1, -0.05) is 6.07 Å². The number of aromatic nitrogens is 3. The molecule has 0 aliphatic heterocycles. The normalized spacial score (nSPS) is 10.9. The highest BCUT2D eigenvalue weighted by molar-refractivity contribution is 14.0. The molecule has 0 spiro atoms. The second-order valence-electron chi connectivity index (χ2n) is 4.00. The van der Waals surface area contributed by atoms with E-state index < -0.39 is 0 Å². The quantitative estimate of drug-likeness (QED) is 0.372. The lowest BCUT2D eigenvalue weighted by Gasteiger charge is -2.10. The fourth-order valence-electron chi connectivity index (χ4n) is 1.65. The number of hydrogen-bond acceptors (Lipinski definition) is 4. The number of hydrogen-bond donors (Lipinski definition) is 3. The maximum Gasteiger partial charge on any atom is 0.239 e. The number of aliphatic imine (C=N–C) groups is 1. The Labute approximate surface area is 139 Å². The highest BCUT2D eigenvalue weighted by atomic mass is 127. The number of nitrogens with one attached hydrogen (secondary N) is 3. The van der Waals surface area contributed by atoms with Crippen LogP contribution in [0.4, 0.5) is 0 Å². The highest BCUT2D eigenvalue weighted by Crippen LogP contribution is 2.01. The lowest BCUT2D eigenvalue weighted by Crippen LogP contribution is -2.42. The van der Waals surface area contributed by atoms with Gasteiger partial charge in [0.25, 0.3) is 0 Å². The van der Waals surface area contributed by atoms with Crippen molar-refractivity contribution in [1.29, 1.82) is 0 Å². The third-order valence-electron chi connectivity index (χ3n) is 2.72. The number of likely N-dealkylation sites (N-methyl/N-ethyl adjacent to an activating group) is 1. The molecule has 0 atom stereocenters. The lowest BCUT2D eigenvalue weighted by atomic mass is 10.4. The van der Waals surface area contributed by atoms with Crippen molar-refractivity contribution in [3.63, 3.8) is 0 Å². The van der Waals surface area contributed by atoms with Crippen LogP contribution < -0.4 is 16.0 Å². The standard InChI is InChI=1S/C12H17N7O.HI/c1-13-11(20)8-16-12(14-2)15-7-10-18-17-9-5-3-4-6-19(9)10;/h3-6H,7-8H2,1-2H3,(H,13,20)(H2,14,15,16);1H. The largest absolute Gasteiger partial charge is 0.358 e. The summed E-state index contributed by atoms with van der Waals surface area (Å²) in [7, 11) is 3.23. The molecular formula is C12H18IN7O. The summed E-state index contributed by atoms with van der Waals surface area (Å²) in [4.78, 5) is 15.2. The van der Waals surface area contributed by atoms with Crippen molar-refractivity contribution in [2.45, 2.75) is 6.54 Å². The molecule has 0 aliphatic carbocycles. The predicted octanol–water partition coefficient (Wildman–Crippen LogP) is -0.242. The number of carbonyl (C=O) groups is 1. The number of halogens is 1. The molecule has 0 bridgehead atoms. The number of fused-ring (bicyclic) bond motifs is 1. The first-order valence-corrected chi connectivity index (χ1v) is 6.18. The van der Waals surface area contributed by atoms with E-state index in [-0.39, 0.29) is 36.4 Å². The van der Waals surface area contributed by atoms with E-state index in [0.717, 1.165) is 11.5 Å². The topological polar surface area (TPSA) is 95.7 Å². The van der Waals surface area contributed by atoms with E-state index in [1.54, 1.807) is 14.1 Å². The van der Waals surface area contributed by atoms with E-state index >= 15 is 0 Å². The fraction of sp³-hybridized carbons (Fsp3) is 0.333. The van der Waals surface area contributed by atoms with Gasteiger partial charge in [-0.2, -0.15) is 0 Å². The molecule has 0 fully saturated rings. The monoisotopic (exact) mass is 403 g/mol. The Hall–Kier alpha value is -1.91. The fourth-order valence-corrected chi connectivity index (χ4v) is 1.65. The molecule has 0 aromatic carbocycles. The Morgan fingerprint density at radius 1 is 1.33 bits per heavy atom. The van der Waals surface area contributed by atoms with Crippen LogP contribution in [0.2, 0.25) is 0 Å². The van der Waals surface area contributed by atoms with Crippen LogP contribution in [-0.4, -0.2) is 47.1 Å². The molecule has 9 heteroatoms. The summed E-state index contributed by atoms with van der Waals surface area (Å²) in [5.41, 5.74) is 0.789. The Balaban J connectivity index is 0.00000220. The number of rotatable bonds is 4. The van der Waals surface area contributed by atoms with Gasteiger partial charge in [0.2, 0.25) is 5.91 Å². The van der Waals surface area contributed by atoms with E-state index in [2.05, 4.69) is 31.1 Å². The number of carbonyl (C=O) groups excluding carboxylic acids is 1. The third-order valence-corrected chi connectivity index (χ3v) is 2.72. The minimum absolute atomic E-state index is 0. The summed E-state index contributed by atoms with van der Waals surface area (Å²) in [6.07, 6.45) is 1.90. The molecule has 0 unspecified atom stereocenters. The maximum atomic E-state index is 11.2. The summed E-state index contributed by atoms with van der Waals surface area (Å²) < 4.78 is 1.89. The summed E-state index contributed by atoms with van der Waals surface area (Å²) >= 11 is 0. The number of amides is 1. The second kappa shape index (κ2) is 8.39. The summed E-state index contributed by atoms with van der Waals surface area (Å²) in [6.45, 7) is 0.620. The first-order valence-electron chi connectivity index (χ1n) is 6.18. The van der Waals surface area contributed by atoms with Crippen LogP contribution in [0.5, 0.6) is 0 Å². The van der Waals surface area contributed by atoms with Gasteiger partial charge in [0.15, 0.2) is 17.4 Å². The van der Waals surface area contributed by atoms with Gasteiger partial charge in [-0.15, -0.1) is 34.2 Å². The Bertz CT molecular complexity index is 625. The number of guanidine groups is 1. The van der Waals surface area contributed by atoms with Crippen molar-refractivity contribution in [3.05, 3.63) is 30.2 Å². The third kappa shape index (κ3) is 4.55. The Morgan fingerprint density at radius 2 is 2.14 bits per heavy atom. The minimum Gasteiger partial charge on any atom is -0.358 e. The van der Waals surface area contributed by atoms with Crippen molar-refractivity contribution in [3.8, 4) is 0 Å². The van der Waals surface area contributed by atoms with E-state index in [1.807, 2.05) is 28.8 Å². The molecule has 3 N–H and O–H groups in total. The van der Waals surface area contributed by atoms with Crippen LogP contribution in [-0.2, 0) is 11.3 Å². The molecule has 0 aliphatic rings. The van der Waals surface area contributed by atoms with Gasteiger partial charge in [0.05, 0.1) is 13.1 Å². The molecule has 0 radical (unpaired) electrons. The SMILES string of the molecule is CN=C(NCC(=O)NC)NCc1nnc2ccccn12.I. The zero-order valence-corrected chi connectivity index (χ0v) is 14.2. The van der Waals surface area contributed by atoms with Gasteiger partial charge in [0, 0.05) is 20.3 Å². The van der Waals surface area contributed by atoms with Crippen molar-refractivity contribution in [2.75, 3.05) is 20.6 Å². The van der Waals surface area contributed by atoms with Gasteiger partial charge < -0.3 is 16.0 Å². The second-order valence-corrected chi connectivity index (χ2v) is 4.00. The smallest absolute Gasteiger partial charge is 0.239 e. The molecule has 2 aromatic rings. The molecular weight excluding hydrogens is 385 g/mol. The number of nitrogens with zero attached hydrogens (tertiary/aromatic N) is 4. The molecule has 2 aromatic heterocycles. The molecule has 2 rings (SSSR count). The predicted molar refractivity (Wildman–Crippen MR) is 90.7 cm³/mol. The summed E-state index contributed by atoms with van der Waals surface area (Å²) in [5.74, 6) is 1.19. The average Bonchev–Trinajstić information content (AvgIpc) is 2.90. The summed E-state index contributed by atoms with van der Waals surface area (Å²) in [5, 5.41) is 16.7. The van der Waals surface area contributed by atoms with Crippen LogP contribution in [0, 0.1) is 0 Å². The lowest BCUT2D eigenvalue weighted by molar-refractivity contribution is -0.119. The van der Waals surface area contributed by atoms with Crippen LogP contribution in [0.25, 0.3) is 5.65 Å². The van der Waals surface area contributed by atoms with Crippen molar-refractivity contribution in [1.82, 2.24) is 30.5 Å². The average molecular weight is 403 g/mol. The molecule has 0 saturated carbocycles. The zero-order valence-electron chi connectivity index (χ0n) is 11.8. The van der Waals surface area contributed by atoms with E-state index in [9.17, 15) is 4.79 Å². The van der Waals surface area contributed by atoms with E-state index in [4.69, 9.17) is 0 Å². The number of pyridine rings is 1. The Kier molecular flexibility index (Phi) is 6.85. The molecule has 114 valence electrons. The molecule has 2 heterocycles. The van der Waals surface area contributed by atoms with Crippen molar-refractivity contribution in [2.24, 2.45) is 4.99 Å². The molecule has 8 nitrogen and oxygen atoms in total. The van der Waals surface area contributed by atoms with Gasteiger partial charge in [-0.25, -0.2) is 0 Å². The molecule has 0 saturated heterocycles. The van der Waals surface area contributed by atoms with E-state index in [0.29, 0.717) is 12.5 Å². The van der Waals surface area contributed by atoms with Crippen LogP contribution in [0.1, 0.15) is 5.82 Å². The minimum atomic E-state index is -0.110. The summed E-state index contributed by atoms with van der Waals surface area (Å²) in [6, 6.07) is 5.71. The first kappa shape index (κ1) is 17.1.